The fourth-order valence-electron chi connectivity index (χ4n) is 3.81. The van der Waals surface area contributed by atoms with Crippen LogP contribution in [0.5, 0.6) is 0 Å². The molecule has 0 aromatic heterocycles. The number of carboxylic acid groups (broad SMARTS) is 1. The molecule has 0 bridgehead atoms. The van der Waals surface area contributed by atoms with Crippen molar-refractivity contribution in [2.24, 2.45) is 0 Å². The largest absolute Gasteiger partial charge is 0.479 e. The van der Waals surface area contributed by atoms with E-state index in [0.717, 1.165) is 11.1 Å². The lowest BCUT2D eigenvalue weighted by Crippen LogP contribution is -2.30. The van der Waals surface area contributed by atoms with Gasteiger partial charge in [0.05, 0.1) is 0 Å². The second kappa shape index (κ2) is 11.3. The molecule has 8 heteroatoms. The van der Waals surface area contributed by atoms with Gasteiger partial charge in [-0.3, -0.25) is 4.79 Å². The van der Waals surface area contributed by atoms with Gasteiger partial charge in [0.25, 0.3) is 0 Å². The van der Waals surface area contributed by atoms with E-state index in [1.165, 1.54) is 11.1 Å². The van der Waals surface area contributed by atoms with Crippen LogP contribution in [0, 0.1) is 0 Å². The Hall–Kier alpha value is -3.39. The molecule has 0 radical (unpaired) electrons. The minimum absolute atomic E-state index is 0.0106. The monoisotopic (exact) mass is 440 g/mol. The minimum Gasteiger partial charge on any atom is -0.479 e. The molecule has 170 valence electrons. The van der Waals surface area contributed by atoms with Crippen molar-refractivity contribution in [1.29, 1.82) is 0 Å². The van der Waals surface area contributed by atoms with Crippen LogP contribution < -0.4 is 10.6 Å². The summed E-state index contributed by atoms with van der Waals surface area (Å²) in [5.74, 6) is -1.52. The Morgan fingerprint density at radius 2 is 1.53 bits per heavy atom. The number of carboxylic acids is 1. The van der Waals surface area contributed by atoms with Crippen molar-refractivity contribution in [1.82, 2.24) is 10.6 Å². The molecule has 2 amide bonds. The van der Waals surface area contributed by atoms with E-state index in [1.54, 1.807) is 0 Å². The van der Waals surface area contributed by atoms with Crippen molar-refractivity contribution in [3.05, 3.63) is 59.7 Å². The van der Waals surface area contributed by atoms with E-state index >= 15 is 0 Å². The van der Waals surface area contributed by atoms with Crippen molar-refractivity contribution in [2.75, 3.05) is 19.7 Å². The topological polar surface area (TPSA) is 125 Å². The summed E-state index contributed by atoms with van der Waals surface area (Å²) in [7, 11) is 0. The number of hydrogen-bond donors (Lipinski definition) is 4. The Morgan fingerprint density at radius 3 is 2.16 bits per heavy atom. The predicted molar refractivity (Wildman–Crippen MR) is 118 cm³/mol. The molecule has 0 heterocycles. The van der Waals surface area contributed by atoms with E-state index in [4.69, 9.17) is 14.9 Å². The highest BCUT2D eigenvalue weighted by Gasteiger charge is 2.28. The second-order valence-electron chi connectivity index (χ2n) is 7.70. The molecule has 1 aliphatic rings. The van der Waals surface area contributed by atoms with Crippen LogP contribution in [0.4, 0.5) is 4.79 Å². The molecule has 4 N–H and O–H groups in total. The number of aliphatic carboxylic acids is 1. The summed E-state index contributed by atoms with van der Waals surface area (Å²) in [5.41, 5.74) is 4.66. The maximum atomic E-state index is 12.1. The van der Waals surface area contributed by atoms with Gasteiger partial charge in [0.1, 0.15) is 6.61 Å². The summed E-state index contributed by atoms with van der Waals surface area (Å²) in [6.07, 6.45) is -0.567. The van der Waals surface area contributed by atoms with Crippen LogP contribution in [-0.2, 0) is 14.3 Å². The SMILES string of the molecule is O=C(CCCCNC(=O)OCC1c2ccccc2-c2ccccc21)NCCC(O)C(=O)O. The van der Waals surface area contributed by atoms with Gasteiger partial charge in [-0.05, 0) is 35.1 Å². The number of carbonyl (C=O) groups is 3. The van der Waals surface area contributed by atoms with Crippen molar-refractivity contribution < 1.29 is 29.3 Å². The molecular weight excluding hydrogens is 412 g/mol. The number of fused-ring (bicyclic) bond motifs is 3. The van der Waals surface area contributed by atoms with Gasteiger partial charge in [-0.2, -0.15) is 0 Å². The Morgan fingerprint density at radius 1 is 0.906 bits per heavy atom. The molecule has 2 aromatic rings. The molecule has 3 rings (SSSR count). The Bertz CT molecular complexity index is 916. The van der Waals surface area contributed by atoms with Gasteiger partial charge in [0.2, 0.25) is 5.91 Å². The third kappa shape index (κ3) is 6.07. The predicted octanol–water partition coefficient (Wildman–Crippen LogP) is 2.65. The number of unbranched alkanes of at least 4 members (excludes halogenated alkanes) is 1. The van der Waals surface area contributed by atoms with Gasteiger partial charge in [-0.25, -0.2) is 9.59 Å². The summed E-state index contributed by atoms with van der Waals surface area (Å²) in [6.45, 7) is 0.746. The molecule has 0 spiro atoms. The number of benzene rings is 2. The molecule has 32 heavy (non-hydrogen) atoms. The molecule has 1 aliphatic carbocycles. The third-order valence-corrected chi connectivity index (χ3v) is 5.47. The molecule has 1 unspecified atom stereocenters. The smallest absolute Gasteiger partial charge is 0.407 e. The molecule has 0 saturated heterocycles. The molecular formula is C24H28N2O6. The zero-order valence-electron chi connectivity index (χ0n) is 17.8. The summed E-state index contributed by atoms with van der Waals surface area (Å²) in [6, 6.07) is 16.3. The van der Waals surface area contributed by atoms with Gasteiger partial charge in [-0.1, -0.05) is 48.5 Å². The number of aliphatic hydroxyl groups is 1. The van der Waals surface area contributed by atoms with E-state index in [0.29, 0.717) is 19.4 Å². The van der Waals surface area contributed by atoms with Crippen molar-refractivity contribution in [3.63, 3.8) is 0 Å². The average molecular weight is 440 g/mol. The number of nitrogens with one attached hydrogen (secondary N) is 2. The Labute approximate surface area is 186 Å². The Balaban J connectivity index is 1.33. The number of rotatable bonds is 11. The van der Waals surface area contributed by atoms with Gasteiger partial charge < -0.3 is 25.6 Å². The molecule has 2 aromatic carbocycles. The van der Waals surface area contributed by atoms with Crippen LogP contribution in [0.15, 0.2) is 48.5 Å². The van der Waals surface area contributed by atoms with Gasteiger partial charge in [-0.15, -0.1) is 0 Å². The first kappa shape index (κ1) is 23.3. The fraction of sp³-hybridized carbons (Fsp3) is 0.375. The number of carbonyl (C=O) groups excluding carboxylic acids is 2. The van der Waals surface area contributed by atoms with E-state index < -0.39 is 18.2 Å². The standard InChI is InChI=1S/C24H28N2O6/c27-21(23(29)30)12-14-25-22(28)11-5-6-13-26-24(31)32-15-20-18-9-3-1-7-16(18)17-8-2-4-10-19(17)20/h1-4,7-10,20-21,27H,5-6,11-15H2,(H,25,28)(H,26,31)(H,29,30). The van der Waals surface area contributed by atoms with E-state index in [2.05, 4.69) is 34.9 Å². The lowest BCUT2D eigenvalue weighted by atomic mass is 9.98. The summed E-state index contributed by atoms with van der Waals surface area (Å²) < 4.78 is 5.46. The van der Waals surface area contributed by atoms with Crippen LogP contribution in [0.3, 0.4) is 0 Å². The highest BCUT2D eigenvalue weighted by molar-refractivity contribution is 5.79. The van der Waals surface area contributed by atoms with Gasteiger partial charge >= 0.3 is 12.1 Å². The van der Waals surface area contributed by atoms with E-state index in [-0.39, 0.29) is 37.8 Å². The van der Waals surface area contributed by atoms with E-state index in [1.807, 2.05) is 24.3 Å². The zero-order chi connectivity index (χ0) is 22.9. The zero-order valence-corrected chi connectivity index (χ0v) is 17.8. The quantitative estimate of drug-likeness (QED) is 0.398. The maximum Gasteiger partial charge on any atom is 0.407 e. The highest BCUT2D eigenvalue weighted by atomic mass is 16.5. The van der Waals surface area contributed by atoms with E-state index in [9.17, 15) is 14.4 Å². The normalized spacial score (nSPS) is 13.0. The molecule has 8 nitrogen and oxygen atoms in total. The van der Waals surface area contributed by atoms with Gasteiger partial charge in [0, 0.05) is 31.8 Å². The van der Waals surface area contributed by atoms with Gasteiger partial charge in [0.15, 0.2) is 6.10 Å². The van der Waals surface area contributed by atoms with Crippen LogP contribution in [0.1, 0.15) is 42.7 Å². The lowest BCUT2D eigenvalue weighted by Gasteiger charge is -2.14. The molecule has 0 fully saturated rings. The third-order valence-electron chi connectivity index (χ3n) is 5.47. The lowest BCUT2D eigenvalue weighted by molar-refractivity contribution is -0.147. The highest BCUT2D eigenvalue weighted by Crippen LogP contribution is 2.44. The van der Waals surface area contributed by atoms with Crippen LogP contribution in [-0.4, -0.2) is 54.0 Å². The first-order chi connectivity index (χ1) is 15.5. The average Bonchev–Trinajstić information content (AvgIpc) is 3.11. The first-order valence-corrected chi connectivity index (χ1v) is 10.7. The fourth-order valence-corrected chi connectivity index (χ4v) is 3.81. The summed E-state index contributed by atoms with van der Waals surface area (Å²) in [5, 5.41) is 23.0. The van der Waals surface area contributed by atoms with Crippen LogP contribution >= 0.6 is 0 Å². The van der Waals surface area contributed by atoms with Crippen LogP contribution in [0.25, 0.3) is 11.1 Å². The van der Waals surface area contributed by atoms with Crippen molar-refractivity contribution in [3.8, 4) is 11.1 Å². The number of aliphatic hydroxyl groups excluding tert-OH is 1. The number of amides is 2. The number of hydrogen-bond acceptors (Lipinski definition) is 5. The first-order valence-electron chi connectivity index (χ1n) is 10.7. The molecule has 0 aliphatic heterocycles. The molecule has 1 atom stereocenters. The summed E-state index contributed by atoms with van der Waals surface area (Å²) in [4.78, 5) is 34.3. The number of alkyl carbamates (subject to hydrolysis) is 1. The van der Waals surface area contributed by atoms with Crippen molar-refractivity contribution >= 4 is 18.0 Å². The van der Waals surface area contributed by atoms with Crippen LogP contribution in [0.2, 0.25) is 0 Å². The number of ether oxygens (including phenoxy) is 1. The molecule has 0 saturated carbocycles. The minimum atomic E-state index is -1.48. The maximum absolute atomic E-state index is 12.1. The Kier molecular flexibility index (Phi) is 8.21. The summed E-state index contributed by atoms with van der Waals surface area (Å²) >= 11 is 0. The van der Waals surface area contributed by atoms with Crippen molar-refractivity contribution in [2.45, 2.75) is 37.7 Å². The second-order valence-corrected chi connectivity index (χ2v) is 7.70.